The molecule has 12 nitrogen and oxygen atoms in total. The second-order valence-corrected chi connectivity index (χ2v) is 10.5. The fraction of sp³-hybridized carbons (Fsp3) is 0.367. The molecular formula is C30H32N8O4. The highest BCUT2D eigenvalue weighted by Crippen LogP contribution is 2.31. The number of tetrazole rings is 1. The Balaban J connectivity index is 1.43. The maximum absolute atomic E-state index is 14.1. The van der Waals surface area contributed by atoms with Crippen LogP contribution < -0.4 is 11.1 Å². The van der Waals surface area contributed by atoms with Crippen LogP contribution in [0.3, 0.4) is 0 Å². The average molecular weight is 569 g/mol. The van der Waals surface area contributed by atoms with Crippen molar-refractivity contribution in [1.82, 2.24) is 39.5 Å². The van der Waals surface area contributed by atoms with E-state index < -0.39 is 17.6 Å². The highest BCUT2D eigenvalue weighted by Gasteiger charge is 2.35. The molecule has 1 aliphatic heterocycles. The minimum atomic E-state index is -0.853. The van der Waals surface area contributed by atoms with Gasteiger partial charge in [0, 0.05) is 18.5 Å². The van der Waals surface area contributed by atoms with Gasteiger partial charge in [0.05, 0.1) is 12.6 Å². The predicted octanol–water partition coefficient (Wildman–Crippen LogP) is 3.67. The van der Waals surface area contributed by atoms with Gasteiger partial charge in [-0.2, -0.15) is 5.21 Å². The number of nitrogens with zero attached hydrogens (tertiary/aromatic N) is 7. The van der Waals surface area contributed by atoms with Gasteiger partial charge in [0.15, 0.2) is 11.6 Å². The van der Waals surface area contributed by atoms with Crippen molar-refractivity contribution in [2.24, 2.45) is 0 Å². The minimum Gasteiger partial charge on any atom is -0.464 e. The van der Waals surface area contributed by atoms with Crippen LogP contribution in [0, 0.1) is 0 Å². The topological polar surface area (TPSA) is 143 Å². The molecule has 0 aliphatic carbocycles. The Morgan fingerprint density at radius 3 is 2.45 bits per heavy atom. The first-order valence-electron chi connectivity index (χ1n) is 14.3. The third-order valence-electron chi connectivity index (χ3n) is 7.82. The summed E-state index contributed by atoms with van der Waals surface area (Å²) in [5.74, 6) is 0.670. The fourth-order valence-electron chi connectivity index (χ4n) is 5.84. The Kier molecular flexibility index (Phi) is 7.27. The lowest BCUT2D eigenvalue weighted by molar-refractivity contribution is -0.149. The highest BCUT2D eigenvalue weighted by atomic mass is 16.5. The van der Waals surface area contributed by atoms with Crippen LogP contribution in [0.15, 0.2) is 58.1 Å². The van der Waals surface area contributed by atoms with Gasteiger partial charge in [-0.25, -0.2) is 19.1 Å². The van der Waals surface area contributed by atoms with Gasteiger partial charge in [-0.15, -0.1) is 10.2 Å². The molecule has 0 spiro atoms. The third-order valence-corrected chi connectivity index (χ3v) is 7.82. The summed E-state index contributed by atoms with van der Waals surface area (Å²) in [6.07, 6.45) is 2.40. The number of carbonyl (C=O) groups excluding carboxylic acids is 1. The Morgan fingerprint density at radius 2 is 1.76 bits per heavy atom. The van der Waals surface area contributed by atoms with Gasteiger partial charge in [-0.3, -0.25) is 9.59 Å². The number of benzene rings is 2. The van der Waals surface area contributed by atoms with E-state index in [-0.39, 0.29) is 29.2 Å². The smallest absolute Gasteiger partial charge is 0.330 e. The summed E-state index contributed by atoms with van der Waals surface area (Å²) in [5.41, 5.74) is 3.34. The zero-order valence-electron chi connectivity index (χ0n) is 23.8. The Bertz CT molecular complexity index is 1870. The van der Waals surface area contributed by atoms with Crippen LogP contribution in [-0.4, -0.2) is 52.1 Å². The molecule has 5 aromatic rings. The minimum absolute atomic E-state index is 0.0914. The number of hydrogen-bond acceptors (Lipinski definition) is 8. The van der Waals surface area contributed by atoms with Crippen molar-refractivity contribution in [1.29, 1.82) is 0 Å². The average Bonchev–Trinajstić information content (AvgIpc) is 3.66. The molecule has 0 amide bonds. The zero-order valence-corrected chi connectivity index (χ0v) is 23.8. The molecule has 12 heteroatoms. The van der Waals surface area contributed by atoms with Crippen molar-refractivity contribution in [2.75, 3.05) is 6.61 Å². The summed E-state index contributed by atoms with van der Waals surface area (Å²) in [5, 5.41) is 14.4. The number of imidazole rings is 1. The molecule has 2 aromatic carbocycles. The van der Waals surface area contributed by atoms with Crippen molar-refractivity contribution in [3.8, 4) is 22.5 Å². The summed E-state index contributed by atoms with van der Waals surface area (Å²) in [7, 11) is 0. The van der Waals surface area contributed by atoms with Gasteiger partial charge in [0.1, 0.15) is 11.3 Å². The molecule has 3 aromatic heterocycles. The lowest BCUT2D eigenvalue weighted by Crippen LogP contribution is -2.47. The molecular weight excluding hydrogens is 536 g/mol. The predicted molar refractivity (Wildman–Crippen MR) is 156 cm³/mol. The normalized spacial score (nSPS) is 16.5. The summed E-state index contributed by atoms with van der Waals surface area (Å²) in [4.78, 5) is 45.3. The largest absolute Gasteiger partial charge is 0.464 e. The molecule has 6 rings (SSSR count). The summed E-state index contributed by atoms with van der Waals surface area (Å²) < 4.78 is 9.82. The number of rotatable bonds is 8. The van der Waals surface area contributed by atoms with Crippen molar-refractivity contribution in [3.63, 3.8) is 0 Å². The van der Waals surface area contributed by atoms with Gasteiger partial charge in [-0.1, -0.05) is 55.5 Å². The van der Waals surface area contributed by atoms with Crippen LogP contribution in [0.2, 0.25) is 0 Å². The number of nitrogens with one attached hydrogen (secondary N) is 1. The molecule has 0 saturated heterocycles. The molecule has 0 saturated carbocycles. The van der Waals surface area contributed by atoms with Crippen molar-refractivity contribution in [2.45, 2.75) is 65.1 Å². The number of esters is 1. The first kappa shape index (κ1) is 27.3. The van der Waals surface area contributed by atoms with Crippen LogP contribution in [0.1, 0.15) is 63.5 Å². The van der Waals surface area contributed by atoms with E-state index in [0.29, 0.717) is 37.5 Å². The maximum atomic E-state index is 14.1. The van der Waals surface area contributed by atoms with E-state index in [1.54, 1.807) is 6.92 Å². The fourth-order valence-corrected chi connectivity index (χ4v) is 5.84. The highest BCUT2D eigenvalue weighted by molar-refractivity contribution is 5.80. The van der Waals surface area contributed by atoms with Crippen molar-refractivity contribution < 1.29 is 9.53 Å². The Morgan fingerprint density at radius 1 is 1.00 bits per heavy atom. The number of fused-ring (bicyclic) bond motifs is 2. The summed E-state index contributed by atoms with van der Waals surface area (Å²) >= 11 is 0. The number of aromatic amines is 1. The quantitative estimate of drug-likeness (QED) is 0.280. The number of carbonyl (C=O) groups is 1. The zero-order chi connectivity index (χ0) is 29.4. The molecule has 42 heavy (non-hydrogen) atoms. The van der Waals surface area contributed by atoms with Crippen molar-refractivity contribution >= 4 is 17.0 Å². The molecule has 2 unspecified atom stereocenters. The number of aromatic nitrogens is 8. The van der Waals surface area contributed by atoms with Crippen molar-refractivity contribution in [3.05, 3.63) is 80.6 Å². The van der Waals surface area contributed by atoms with E-state index in [4.69, 9.17) is 4.74 Å². The number of ether oxygens (including phenoxy) is 1. The van der Waals surface area contributed by atoms with Gasteiger partial charge in [-0.05, 0) is 55.0 Å². The molecule has 2 atom stereocenters. The second-order valence-electron chi connectivity index (χ2n) is 10.5. The Hall–Kier alpha value is -4.87. The van der Waals surface area contributed by atoms with E-state index in [2.05, 4.69) is 25.6 Å². The summed E-state index contributed by atoms with van der Waals surface area (Å²) in [6, 6.07) is 14.8. The van der Waals surface area contributed by atoms with Crippen LogP contribution in [-0.2, 0) is 22.5 Å². The number of hydrogen-bond donors (Lipinski definition) is 1. The number of H-pyrrole nitrogens is 1. The molecule has 216 valence electrons. The first-order chi connectivity index (χ1) is 20.4. The van der Waals surface area contributed by atoms with E-state index in [0.717, 1.165) is 28.7 Å². The summed E-state index contributed by atoms with van der Waals surface area (Å²) in [6.45, 7) is 6.21. The van der Waals surface area contributed by atoms with Crippen LogP contribution in [0.5, 0.6) is 0 Å². The lowest BCUT2D eigenvalue weighted by atomic mass is 9.98. The first-order valence-corrected chi connectivity index (χ1v) is 14.3. The molecule has 1 N–H and O–H groups in total. The van der Waals surface area contributed by atoms with Gasteiger partial charge in [0.2, 0.25) is 5.82 Å². The molecule has 0 bridgehead atoms. The second kappa shape index (κ2) is 11.2. The molecule has 0 fully saturated rings. The van der Waals surface area contributed by atoms with E-state index in [9.17, 15) is 14.4 Å². The van der Waals surface area contributed by atoms with Gasteiger partial charge >= 0.3 is 5.97 Å². The Labute approximate surface area is 240 Å². The van der Waals surface area contributed by atoms with Crippen LogP contribution in [0.4, 0.5) is 0 Å². The van der Waals surface area contributed by atoms with Gasteiger partial charge < -0.3 is 9.30 Å². The molecule has 1 aliphatic rings. The van der Waals surface area contributed by atoms with E-state index >= 15 is 0 Å². The maximum Gasteiger partial charge on any atom is 0.330 e. The SMILES string of the molecule is CCCc1nc2c(=O)n3n(c(=O)c2n1Cc1ccc(-c2ccccc2-c2nn[nH]n2)cc1)C(C)CCC3C(=O)OCC. The van der Waals surface area contributed by atoms with Crippen LogP contribution in [0.25, 0.3) is 33.5 Å². The molecule has 0 radical (unpaired) electrons. The molecule has 4 heterocycles. The standard InChI is InChI=1S/C30H32N8O4/c1-4-8-24-31-25-26(29(40)37-18(3)11-16-23(30(41)42-5-2)38(37)28(25)39)36(24)17-19-12-14-20(15-13-19)21-9-6-7-10-22(21)27-32-34-35-33-27/h6-7,9-10,12-15,18,23H,4-5,8,11,16-17H2,1-3H3,(H,32,33,34,35). The third kappa shape index (κ3) is 4.62. The number of aryl methyl sites for hydroxylation is 1. The monoisotopic (exact) mass is 568 g/mol. The lowest BCUT2D eigenvalue weighted by Gasteiger charge is -2.31. The van der Waals surface area contributed by atoms with E-state index in [1.165, 1.54) is 9.36 Å². The van der Waals surface area contributed by atoms with E-state index in [1.807, 2.05) is 66.9 Å². The van der Waals surface area contributed by atoms with Gasteiger partial charge in [0.25, 0.3) is 11.1 Å². The van der Waals surface area contributed by atoms with Crippen LogP contribution >= 0.6 is 0 Å².